The van der Waals surface area contributed by atoms with Crippen molar-refractivity contribution in [1.29, 1.82) is 0 Å². The maximum atomic E-state index is 12.6. The van der Waals surface area contributed by atoms with Crippen molar-refractivity contribution in [2.75, 3.05) is 33.3 Å². The standard InChI is InChI=1S/C15H23N5O3/c1-23-13-9-20(8-11(13)12-7-16-18-17-12)15(22)10-19-6-4-2-3-5-14(19)21/h7,11,13H,2-6,8-10H2,1H3,(H,16,17,18)/t11-,13+/m0/s1. The maximum Gasteiger partial charge on any atom is 0.242 e. The van der Waals surface area contributed by atoms with Crippen molar-refractivity contribution < 1.29 is 14.3 Å². The van der Waals surface area contributed by atoms with Crippen molar-refractivity contribution in [2.24, 2.45) is 0 Å². The largest absolute Gasteiger partial charge is 0.379 e. The zero-order valence-corrected chi connectivity index (χ0v) is 13.4. The molecule has 0 bridgehead atoms. The summed E-state index contributed by atoms with van der Waals surface area (Å²) in [5.41, 5.74) is 0.804. The molecule has 23 heavy (non-hydrogen) atoms. The van der Waals surface area contributed by atoms with E-state index < -0.39 is 0 Å². The highest BCUT2D eigenvalue weighted by Gasteiger charge is 2.38. The number of hydrogen-bond donors (Lipinski definition) is 1. The fourth-order valence-corrected chi connectivity index (χ4v) is 3.36. The maximum absolute atomic E-state index is 12.6. The lowest BCUT2D eigenvalue weighted by molar-refractivity contribution is -0.139. The minimum absolute atomic E-state index is 0.0162. The third-order valence-corrected chi connectivity index (χ3v) is 4.73. The van der Waals surface area contributed by atoms with Gasteiger partial charge >= 0.3 is 0 Å². The fraction of sp³-hybridized carbons (Fsp3) is 0.733. The number of rotatable bonds is 4. The number of ether oxygens (including phenoxy) is 1. The van der Waals surface area contributed by atoms with Crippen LogP contribution in [0.4, 0.5) is 0 Å². The summed E-state index contributed by atoms with van der Waals surface area (Å²) in [4.78, 5) is 28.1. The van der Waals surface area contributed by atoms with E-state index in [0.29, 0.717) is 26.1 Å². The molecule has 2 saturated heterocycles. The van der Waals surface area contributed by atoms with Crippen molar-refractivity contribution >= 4 is 11.8 Å². The van der Waals surface area contributed by atoms with E-state index in [-0.39, 0.29) is 30.4 Å². The lowest BCUT2D eigenvalue weighted by Gasteiger charge is -2.23. The van der Waals surface area contributed by atoms with Crippen molar-refractivity contribution in [3.63, 3.8) is 0 Å². The summed E-state index contributed by atoms with van der Waals surface area (Å²) in [6.07, 6.45) is 5.08. The van der Waals surface area contributed by atoms with Crippen LogP contribution in [0.3, 0.4) is 0 Å². The minimum atomic E-state index is -0.0936. The minimum Gasteiger partial charge on any atom is -0.379 e. The zero-order chi connectivity index (χ0) is 16.2. The van der Waals surface area contributed by atoms with Crippen LogP contribution in [-0.2, 0) is 14.3 Å². The van der Waals surface area contributed by atoms with E-state index in [1.54, 1.807) is 23.1 Å². The van der Waals surface area contributed by atoms with Gasteiger partial charge in [0.15, 0.2) is 0 Å². The highest BCUT2D eigenvalue weighted by molar-refractivity contribution is 5.85. The van der Waals surface area contributed by atoms with Gasteiger partial charge in [-0.3, -0.25) is 9.59 Å². The Hall–Kier alpha value is -1.96. The Balaban J connectivity index is 1.62. The molecule has 2 aliphatic heterocycles. The number of carbonyl (C=O) groups excluding carboxylic acids is 2. The molecular weight excluding hydrogens is 298 g/mol. The lowest BCUT2D eigenvalue weighted by atomic mass is 10.0. The Morgan fingerprint density at radius 1 is 1.39 bits per heavy atom. The second kappa shape index (κ2) is 7.08. The quantitative estimate of drug-likeness (QED) is 0.852. The van der Waals surface area contributed by atoms with Crippen LogP contribution in [0.25, 0.3) is 0 Å². The molecule has 0 spiro atoms. The molecule has 2 atom stereocenters. The molecule has 0 unspecified atom stereocenters. The molecule has 2 aliphatic rings. The van der Waals surface area contributed by atoms with Crippen LogP contribution in [-0.4, -0.2) is 76.4 Å². The number of aromatic amines is 1. The Morgan fingerprint density at radius 2 is 2.26 bits per heavy atom. The number of nitrogens with one attached hydrogen (secondary N) is 1. The summed E-state index contributed by atoms with van der Waals surface area (Å²) < 4.78 is 5.50. The summed E-state index contributed by atoms with van der Waals surface area (Å²) in [5.74, 6) is 0.0854. The van der Waals surface area contributed by atoms with E-state index in [1.807, 2.05) is 0 Å². The first kappa shape index (κ1) is 15.9. The Kier molecular flexibility index (Phi) is 4.90. The van der Waals surface area contributed by atoms with Gasteiger partial charge in [0.2, 0.25) is 11.8 Å². The van der Waals surface area contributed by atoms with Crippen LogP contribution in [0, 0.1) is 0 Å². The van der Waals surface area contributed by atoms with Gasteiger partial charge in [0.05, 0.1) is 30.5 Å². The van der Waals surface area contributed by atoms with Crippen LogP contribution in [0.1, 0.15) is 37.3 Å². The van der Waals surface area contributed by atoms with E-state index in [2.05, 4.69) is 15.4 Å². The number of H-pyrrole nitrogens is 1. The lowest BCUT2D eigenvalue weighted by Crippen LogP contribution is -2.42. The van der Waals surface area contributed by atoms with Crippen LogP contribution in [0.2, 0.25) is 0 Å². The second-order valence-corrected chi connectivity index (χ2v) is 6.20. The molecule has 1 N–H and O–H groups in total. The third kappa shape index (κ3) is 3.52. The van der Waals surface area contributed by atoms with Crippen molar-refractivity contribution in [3.05, 3.63) is 11.9 Å². The van der Waals surface area contributed by atoms with E-state index in [4.69, 9.17) is 4.74 Å². The molecule has 0 saturated carbocycles. The van der Waals surface area contributed by atoms with Crippen LogP contribution >= 0.6 is 0 Å². The molecular formula is C15H23N5O3. The van der Waals surface area contributed by atoms with Gasteiger partial charge < -0.3 is 14.5 Å². The summed E-state index contributed by atoms with van der Waals surface area (Å²) in [6, 6.07) is 0. The number of hydrogen-bond acceptors (Lipinski definition) is 5. The molecule has 0 aromatic carbocycles. The van der Waals surface area contributed by atoms with Gasteiger partial charge in [0.1, 0.15) is 0 Å². The Labute approximate surface area is 135 Å². The van der Waals surface area contributed by atoms with Gasteiger partial charge in [-0.25, -0.2) is 0 Å². The number of amides is 2. The molecule has 8 heteroatoms. The number of methoxy groups -OCH3 is 1. The molecule has 3 heterocycles. The highest BCUT2D eigenvalue weighted by atomic mass is 16.5. The fourth-order valence-electron chi connectivity index (χ4n) is 3.36. The summed E-state index contributed by atoms with van der Waals surface area (Å²) in [7, 11) is 1.64. The topological polar surface area (TPSA) is 91.4 Å². The first-order valence-electron chi connectivity index (χ1n) is 8.13. The van der Waals surface area contributed by atoms with Gasteiger partial charge in [0.25, 0.3) is 0 Å². The first-order valence-corrected chi connectivity index (χ1v) is 8.13. The summed E-state index contributed by atoms with van der Waals surface area (Å²) >= 11 is 0. The van der Waals surface area contributed by atoms with Crippen LogP contribution in [0.15, 0.2) is 6.20 Å². The highest BCUT2D eigenvalue weighted by Crippen LogP contribution is 2.28. The number of likely N-dealkylation sites (tertiary alicyclic amines) is 2. The molecule has 1 aromatic rings. The van der Waals surface area contributed by atoms with Crippen molar-refractivity contribution in [1.82, 2.24) is 25.2 Å². The molecule has 8 nitrogen and oxygen atoms in total. The number of aromatic nitrogens is 3. The van der Waals surface area contributed by atoms with Crippen molar-refractivity contribution in [3.8, 4) is 0 Å². The molecule has 1 aromatic heterocycles. The monoisotopic (exact) mass is 321 g/mol. The smallest absolute Gasteiger partial charge is 0.242 e. The molecule has 2 fully saturated rings. The van der Waals surface area contributed by atoms with E-state index in [9.17, 15) is 9.59 Å². The summed E-state index contributed by atoms with van der Waals surface area (Å²) in [6.45, 7) is 1.92. The molecule has 0 radical (unpaired) electrons. The predicted molar refractivity (Wildman–Crippen MR) is 81.5 cm³/mol. The van der Waals surface area contributed by atoms with Crippen molar-refractivity contribution in [2.45, 2.75) is 37.7 Å². The van der Waals surface area contributed by atoms with E-state index in [1.165, 1.54) is 0 Å². The predicted octanol–water partition coefficient (Wildman–Crippen LogP) is 0.148. The molecule has 0 aliphatic carbocycles. The molecule has 126 valence electrons. The Bertz CT molecular complexity index is 547. The second-order valence-electron chi connectivity index (χ2n) is 6.20. The van der Waals surface area contributed by atoms with Gasteiger partial charge in [-0.1, -0.05) is 6.42 Å². The van der Waals surface area contributed by atoms with Gasteiger partial charge in [-0.2, -0.15) is 15.4 Å². The average Bonchev–Trinajstić information content (AvgIpc) is 3.17. The molecule has 3 rings (SSSR count). The average molecular weight is 321 g/mol. The van der Waals surface area contributed by atoms with E-state index >= 15 is 0 Å². The normalized spacial score (nSPS) is 25.7. The Morgan fingerprint density at radius 3 is 3.00 bits per heavy atom. The summed E-state index contributed by atoms with van der Waals surface area (Å²) in [5, 5.41) is 10.5. The SMILES string of the molecule is CO[C@@H]1CN(C(=O)CN2CCCCCC2=O)C[C@H]1c1cn[nH]n1. The van der Waals surface area contributed by atoms with Gasteiger partial charge in [-0.05, 0) is 12.8 Å². The van der Waals surface area contributed by atoms with Crippen LogP contribution in [0.5, 0.6) is 0 Å². The van der Waals surface area contributed by atoms with Gasteiger partial charge in [-0.15, -0.1) is 0 Å². The zero-order valence-electron chi connectivity index (χ0n) is 13.4. The van der Waals surface area contributed by atoms with E-state index in [0.717, 1.165) is 25.0 Å². The number of carbonyl (C=O) groups is 2. The van der Waals surface area contributed by atoms with Crippen LogP contribution < -0.4 is 0 Å². The third-order valence-electron chi connectivity index (χ3n) is 4.73. The molecule has 2 amide bonds. The first-order chi connectivity index (χ1) is 11.2. The number of nitrogens with zero attached hydrogens (tertiary/aromatic N) is 4. The van der Waals surface area contributed by atoms with Gasteiger partial charge in [0, 0.05) is 33.2 Å².